The fourth-order valence-corrected chi connectivity index (χ4v) is 4.28. The van der Waals surface area contributed by atoms with E-state index in [2.05, 4.69) is 20.9 Å². The summed E-state index contributed by atoms with van der Waals surface area (Å²) in [5.41, 5.74) is 1.35. The lowest BCUT2D eigenvalue weighted by molar-refractivity contribution is -0.116. The molecule has 158 valence electrons. The van der Waals surface area contributed by atoms with Gasteiger partial charge in [-0.2, -0.15) is 11.8 Å². The SMILES string of the molecule is Cl.Cl.O=C(CC1CSCCN1)Nc1ccc(C(=O)NCCN2CCCC2)cc1. The molecule has 0 aromatic heterocycles. The van der Waals surface area contributed by atoms with Crippen molar-refractivity contribution in [2.75, 3.05) is 49.5 Å². The van der Waals surface area contributed by atoms with E-state index in [-0.39, 0.29) is 42.7 Å². The third kappa shape index (κ3) is 8.17. The lowest BCUT2D eigenvalue weighted by Gasteiger charge is -2.22. The molecule has 3 N–H and O–H groups in total. The van der Waals surface area contributed by atoms with Crippen LogP contribution in [0.15, 0.2) is 24.3 Å². The molecule has 1 aromatic rings. The summed E-state index contributed by atoms with van der Waals surface area (Å²) < 4.78 is 0. The Balaban J connectivity index is 0.00000196. The van der Waals surface area contributed by atoms with Crippen LogP contribution in [0.2, 0.25) is 0 Å². The van der Waals surface area contributed by atoms with Crippen molar-refractivity contribution in [3.05, 3.63) is 29.8 Å². The molecule has 2 fully saturated rings. The first kappa shape index (κ1) is 25.0. The Kier molecular flexibility index (Phi) is 11.9. The zero-order valence-corrected chi connectivity index (χ0v) is 18.4. The average molecular weight is 449 g/mol. The molecule has 0 radical (unpaired) electrons. The van der Waals surface area contributed by atoms with Crippen LogP contribution in [0.1, 0.15) is 29.6 Å². The standard InChI is InChI=1S/C19H28N4O2S.2ClH/c24-18(13-17-14-26-12-8-20-17)22-16-5-3-15(4-6-16)19(25)21-7-11-23-9-1-2-10-23;;/h3-6,17,20H,1-2,7-14H2,(H,21,25)(H,22,24);2*1H. The molecule has 9 heteroatoms. The van der Waals surface area contributed by atoms with E-state index in [9.17, 15) is 9.59 Å². The molecule has 0 saturated carbocycles. The van der Waals surface area contributed by atoms with Gasteiger partial charge in [0.25, 0.3) is 5.91 Å². The smallest absolute Gasteiger partial charge is 0.251 e. The molecule has 2 aliphatic rings. The van der Waals surface area contributed by atoms with E-state index < -0.39 is 0 Å². The molecule has 0 aliphatic carbocycles. The van der Waals surface area contributed by atoms with Crippen LogP contribution < -0.4 is 16.0 Å². The normalized spacial score (nSPS) is 19.2. The predicted octanol–water partition coefficient (Wildman–Crippen LogP) is 2.39. The third-order valence-electron chi connectivity index (χ3n) is 4.77. The first-order valence-electron chi connectivity index (χ1n) is 9.42. The van der Waals surface area contributed by atoms with Crippen LogP contribution in [-0.4, -0.2) is 67.0 Å². The maximum Gasteiger partial charge on any atom is 0.251 e. The Bertz CT molecular complexity index is 606. The van der Waals surface area contributed by atoms with Gasteiger partial charge in [0, 0.05) is 54.9 Å². The molecule has 1 atom stereocenters. The van der Waals surface area contributed by atoms with Crippen molar-refractivity contribution in [3.63, 3.8) is 0 Å². The van der Waals surface area contributed by atoms with Crippen molar-refractivity contribution in [2.45, 2.75) is 25.3 Å². The quantitative estimate of drug-likeness (QED) is 0.596. The van der Waals surface area contributed by atoms with E-state index in [0.29, 0.717) is 18.5 Å². The minimum absolute atomic E-state index is 0. The number of nitrogens with zero attached hydrogens (tertiary/aromatic N) is 1. The van der Waals surface area contributed by atoms with Gasteiger partial charge in [-0.25, -0.2) is 0 Å². The number of amides is 2. The molecule has 2 amide bonds. The fourth-order valence-electron chi connectivity index (χ4n) is 3.33. The first-order valence-corrected chi connectivity index (χ1v) is 10.6. The highest BCUT2D eigenvalue weighted by atomic mass is 35.5. The highest BCUT2D eigenvalue weighted by Crippen LogP contribution is 2.13. The van der Waals surface area contributed by atoms with Crippen LogP contribution in [0.5, 0.6) is 0 Å². The minimum Gasteiger partial charge on any atom is -0.351 e. The molecular weight excluding hydrogens is 419 g/mol. The van der Waals surface area contributed by atoms with Gasteiger partial charge >= 0.3 is 0 Å². The maximum atomic E-state index is 12.2. The van der Waals surface area contributed by atoms with Gasteiger partial charge < -0.3 is 20.9 Å². The summed E-state index contributed by atoms with van der Waals surface area (Å²) in [6.07, 6.45) is 3.00. The summed E-state index contributed by atoms with van der Waals surface area (Å²) in [7, 11) is 0. The molecule has 2 heterocycles. The second-order valence-corrected chi connectivity index (χ2v) is 8.01. The number of benzene rings is 1. The molecule has 2 aliphatic heterocycles. The monoisotopic (exact) mass is 448 g/mol. The molecule has 6 nitrogen and oxygen atoms in total. The van der Waals surface area contributed by atoms with Crippen molar-refractivity contribution in [3.8, 4) is 0 Å². The fraction of sp³-hybridized carbons (Fsp3) is 0.579. The van der Waals surface area contributed by atoms with E-state index in [0.717, 1.165) is 43.4 Å². The minimum atomic E-state index is -0.0643. The van der Waals surface area contributed by atoms with Crippen molar-refractivity contribution < 1.29 is 9.59 Å². The number of anilines is 1. The van der Waals surface area contributed by atoms with E-state index in [4.69, 9.17) is 0 Å². The average Bonchev–Trinajstić information content (AvgIpc) is 3.16. The Labute approximate surface area is 183 Å². The molecule has 3 rings (SSSR count). The van der Waals surface area contributed by atoms with Gasteiger partial charge in [0.05, 0.1) is 0 Å². The molecule has 0 bridgehead atoms. The number of likely N-dealkylation sites (tertiary alicyclic amines) is 1. The lowest BCUT2D eigenvalue weighted by atomic mass is 10.1. The summed E-state index contributed by atoms with van der Waals surface area (Å²) in [5.74, 6) is 2.03. The van der Waals surface area contributed by atoms with Crippen LogP contribution >= 0.6 is 36.6 Å². The van der Waals surface area contributed by atoms with Gasteiger partial charge in [-0.15, -0.1) is 24.8 Å². The van der Waals surface area contributed by atoms with Gasteiger partial charge in [-0.3, -0.25) is 9.59 Å². The number of thioether (sulfide) groups is 1. The van der Waals surface area contributed by atoms with Gasteiger partial charge in [0.1, 0.15) is 0 Å². The zero-order valence-electron chi connectivity index (χ0n) is 15.9. The van der Waals surface area contributed by atoms with E-state index in [1.54, 1.807) is 24.3 Å². The Morgan fingerprint density at radius 2 is 1.86 bits per heavy atom. The van der Waals surface area contributed by atoms with Crippen molar-refractivity contribution in [2.24, 2.45) is 0 Å². The molecule has 28 heavy (non-hydrogen) atoms. The maximum absolute atomic E-state index is 12.2. The molecule has 0 spiro atoms. The second kappa shape index (κ2) is 13.3. The Morgan fingerprint density at radius 1 is 1.14 bits per heavy atom. The summed E-state index contributed by atoms with van der Waals surface area (Å²) in [5, 5.41) is 9.23. The van der Waals surface area contributed by atoms with Gasteiger partial charge in [-0.05, 0) is 50.2 Å². The van der Waals surface area contributed by atoms with Gasteiger partial charge in [-0.1, -0.05) is 0 Å². The highest BCUT2D eigenvalue weighted by molar-refractivity contribution is 7.99. The number of rotatable bonds is 7. The Morgan fingerprint density at radius 3 is 2.50 bits per heavy atom. The molecule has 2 saturated heterocycles. The van der Waals surface area contributed by atoms with Gasteiger partial charge in [0.15, 0.2) is 0 Å². The first-order chi connectivity index (χ1) is 12.7. The van der Waals surface area contributed by atoms with Crippen molar-refractivity contribution >= 4 is 54.1 Å². The van der Waals surface area contributed by atoms with Crippen molar-refractivity contribution in [1.29, 1.82) is 0 Å². The second-order valence-electron chi connectivity index (χ2n) is 6.86. The zero-order chi connectivity index (χ0) is 18.2. The van der Waals surface area contributed by atoms with Gasteiger partial charge in [0.2, 0.25) is 5.91 Å². The van der Waals surface area contributed by atoms with Crippen molar-refractivity contribution in [1.82, 2.24) is 15.5 Å². The largest absolute Gasteiger partial charge is 0.351 e. The van der Waals surface area contributed by atoms with E-state index in [1.807, 2.05) is 11.8 Å². The third-order valence-corrected chi connectivity index (χ3v) is 5.90. The lowest BCUT2D eigenvalue weighted by Crippen LogP contribution is -2.39. The summed E-state index contributed by atoms with van der Waals surface area (Å²) in [4.78, 5) is 26.7. The number of carbonyl (C=O) groups is 2. The van der Waals surface area contributed by atoms with Crippen LogP contribution in [0.3, 0.4) is 0 Å². The van der Waals surface area contributed by atoms with E-state index >= 15 is 0 Å². The predicted molar refractivity (Wildman–Crippen MR) is 121 cm³/mol. The van der Waals surface area contributed by atoms with Crippen LogP contribution in [0.4, 0.5) is 5.69 Å². The Hall–Kier alpha value is -0.990. The van der Waals surface area contributed by atoms with Crippen LogP contribution in [0, 0.1) is 0 Å². The topological polar surface area (TPSA) is 73.5 Å². The molecule has 1 unspecified atom stereocenters. The number of hydrogen-bond acceptors (Lipinski definition) is 5. The van der Waals surface area contributed by atoms with Crippen LogP contribution in [0.25, 0.3) is 0 Å². The van der Waals surface area contributed by atoms with E-state index in [1.165, 1.54) is 12.8 Å². The van der Waals surface area contributed by atoms with Crippen LogP contribution in [-0.2, 0) is 4.79 Å². The number of carbonyl (C=O) groups excluding carboxylic acids is 2. The molecule has 1 aromatic carbocycles. The summed E-state index contributed by atoms with van der Waals surface area (Å²) in [6.45, 7) is 4.82. The summed E-state index contributed by atoms with van der Waals surface area (Å²) in [6, 6.07) is 7.34. The number of hydrogen-bond donors (Lipinski definition) is 3. The highest BCUT2D eigenvalue weighted by Gasteiger charge is 2.17. The number of nitrogens with one attached hydrogen (secondary N) is 3. The number of halogens is 2. The molecular formula is C19H30Cl2N4O2S. The summed E-state index contributed by atoms with van der Waals surface area (Å²) >= 11 is 1.88.